The zero-order valence-electron chi connectivity index (χ0n) is 43.8. The van der Waals surface area contributed by atoms with Crippen molar-refractivity contribution >= 4 is 11.9 Å². The van der Waals surface area contributed by atoms with Gasteiger partial charge in [0.05, 0.1) is 25.2 Å². The number of amides is 1. The second-order valence-electron chi connectivity index (χ2n) is 19.3. The van der Waals surface area contributed by atoms with Gasteiger partial charge in [-0.3, -0.25) is 9.59 Å². The van der Waals surface area contributed by atoms with Gasteiger partial charge >= 0.3 is 5.97 Å². The zero-order chi connectivity index (χ0) is 48.1. The highest BCUT2D eigenvalue weighted by Gasteiger charge is 2.24. The fraction of sp³-hybridized carbons (Fsp3) is 0.800. The van der Waals surface area contributed by atoms with Crippen LogP contribution in [0.1, 0.15) is 284 Å². The third kappa shape index (κ3) is 48.0. The molecule has 0 heterocycles. The molecule has 0 bridgehead atoms. The van der Waals surface area contributed by atoms with E-state index in [1.54, 1.807) is 0 Å². The Kier molecular flexibility index (Phi) is 51.5. The molecule has 3 N–H and O–H groups in total. The van der Waals surface area contributed by atoms with E-state index in [0.717, 1.165) is 103 Å². The number of hydrogen-bond acceptors (Lipinski definition) is 5. The maximum Gasteiger partial charge on any atom is 0.306 e. The number of allylic oxidation sites excluding steroid dienone is 10. The van der Waals surface area contributed by atoms with Crippen molar-refractivity contribution in [3.63, 3.8) is 0 Å². The fourth-order valence-electron chi connectivity index (χ4n) is 8.53. The van der Waals surface area contributed by atoms with Crippen LogP contribution in [0.15, 0.2) is 60.8 Å². The molecule has 66 heavy (non-hydrogen) atoms. The predicted molar refractivity (Wildman–Crippen MR) is 287 cm³/mol. The third-order valence-electron chi connectivity index (χ3n) is 12.8. The maximum absolute atomic E-state index is 13.3. The Morgan fingerprint density at radius 2 is 0.818 bits per heavy atom. The first-order valence-corrected chi connectivity index (χ1v) is 28.5. The van der Waals surface area contributed by atoms with E-state index in [2.05, 4.69) is 86.8 Å². The molecule has 0 spiro atoms. The van der Waals surface area contributed by atoms with E-state index in [-0.39, 0.29) is 24.9 Å². The second-order valence-corrected chi connectivity index (χ2v) is 19.3. The summed E-state index contributed by atoms with van der Waals surface area (Å²) in [6.07, 6.45) is 67.1. The van der Waals surface area contributed by atoms with Crippen molar-refractivity contribution < 1.29 is 24.5 Å². The highest BCUT2D eigenvalue weighted by Crippen LogP contribution is 2.18. The van der Waals surface area contributed by atoms with Crippen LogP contribution in [0.3, 0.4) is 0 Å². The lowest BCUT2D eigenvalue weighted by Crippen LogP contribution is -2.46. The van der Waals surface area contributed by atoms with Crippen molar-refractivity contribution in [1.29, 1.82) is 0 Å². The topological polar surface area (TPSA) is 95.9 Å². The Labute approximate surface area is 409 Å². The summed E-state index contributed by atoms with van der Waals surface area (Å²) < 4.78 is 5.95. The molecule has 0 fully saturated rings. The molecule has 6 heteroatoms. The SMILES string of the molecule is CC/C=C/C/C=C/CCCCCCCCCC(=O)OC(CCCCCC/C=C\C/C=C\C/C=C\CCCCC)CC(=O)NC(CO)C(O)CCCCCCCCCCCCCCCCCC. The minimum atomic E-state index is -0.797. The summed E-state index contributed by atoms with van der Waals surface area (Å²) in [5.74, 6) is -0.498. The van der Waals surface area contributed by atoms with Gasteiger partial charge in [0.2, 0.25) is 5.91 Å². The average molecular weight is 925 g/mol. The van der Waals surface area contributed by atoms with Crippen LogP contribution < -0.4 is 5.32 Å². The minimum absolute atomic E-state index is 0.0591. The van der Waals surface area contributed by atoms with E-state index in [0.29, 0.717) is 19.3 Å². The van der Waals surface area contributed by atoms with Crippen LogP contribution in [-0.2, 0) is 14.3 Å². The average Bonchev–Trinajstić information content (AvgIpc) is 3.31. The number of hydrogen-bond donors (Lipinski definition) is 3. The van der Waals surface area contributed by atoms with E-state index < -0.39 is 18.2 Å². The molecule has 1 amide bonds. The molecule has 6 nitrogen and oxygen atoms in total. The number of carbonyl (C=O) groups excluding carboxylic acids is 2. The van der Waals surface area contributed by atoms with Crippen molar-refractivity contribution in [2.75, 3.05) is 6.61 Å². The van der Waals surface area contributed by atoms with Gasteiger partial charge in [-0.05, 0) is 89.9 Å². The number of carbonyl (C=O) groups is 2. The number of aliphatic hydroxyl groups excluding tert-OH is 2. The van der Waals surface area contributed by atoms with E-state index in [9.17, 15) is 19.8 Å². The molecule has 0 aliphatic carbocycles. The molecule has 0 aliphatic heterocycles. The smallest absolute Gasteiger partial charge is 0.306 e. The van der Waals surface area contributed by atoms with Crippen LogP contribution in [0, 0.1) is 0 Å². The first kappa shape index (κ1) is 63.6. The largest absolute Gasteiger partial charge is 0.462 e. The summed E-state index contributed by atoms with van der Waals surface area (Å²) in [7, 11) is 0. The molecular formula is C60H109NO5. The molecule has 3 unspecified atom stereocenters. The highest BCUT2D eigenvalue weighted by atomic mass is 16.5. The van der Waals surface area contributed by atoms with Gasteiger partial charge in [-0.2, -0.15) is 0 Å². The van der Waals surface area contributed by atoms with Crippen LogP contribution in [0.25, 0.3) is 0 Å². The van der Waals surface area contributed by atoms with Crippen LogP contribution >= 0.6 is 0 Å². The highest BCUT2D eigenvalue weighted by molar-refractivity contribution is 5.77. The molecule has 0 rings (SSSR count). The van der Waals surface area contributed by atoms with Gasteiger partial charge in [0.1, 0.15) is 6.10 Å². The zero-order valence-corrected chi connectivity index (χ0v) is 43.8. The minimum Gasteiger partial charge on any atom is -0.462 e. The summed E-state index contributed by atoms with van der Waals surface area (Å²) in [6, 6.07) is -0.713. The first-order valence-electron chi connectivity index (χ1n) is 28.5. The molecular weight excluding hydrogens is 815 g/mol. The van der Waals surface area contributed by atoms with Crippen molar-refractivity contribution in [2.45, 2.75) is 302 Å². The Morgan fingerprint density at radius 1 is 0.455 bits per heavy atom. The van der Waals surface area contributed by atoms with E-state index in [1.807, 2.05) is 0 Å². The molecule has 0 saturated carbocycles. The van der Waals surface area contributed by atoms with Gasteiger partial charge in [-0.25, -0.2) is 0 Å². The number of rotatable bonds is 51. The van der Waals surface area contributed by atoms with Gasteiger partial charge in [0.15, 0.2) is 0 Å². The van der Waals surface area contributed by atoms with Crippen molar-refractivity contribution in [2.24, 2.45) is 0 Å². The van der Waals surface area contributed by atoms with Gasteiger partial charge in [0, 0.05) is 6.42 Å². The summed E-state index contributed by atoms with van der Waals surface area (Å²) in [5.41, 5.74) is 0. The number of aliphatic hydroxyl groups is 2. The van der Waals surface area contributed by atoms with E-state index >= 15 is 0 Å². The number of esters is 1. The van der Waals surface area contributed by atoms with Crippen molar-refractivity contribution in [3.8, 4) is 0 Å². The lowest BCUT2D eigenvalue weighted by molar-refractivity contribution is -0.151. The van der Waals surface area contributed by atoms with Crippen LogP contribution in [-0.4, -0.2) is 46.9 Å². The Bertz CT molecular complexity index is 1170. The summed E-state index contributed by atoms with van der Waals surface area (Å²) >= 11 is 0. The molecule has 0 aliphatic rings. The summed E-state index contributed by atoms with van der Waals surface area (Å²) in [5, 5.41) is 23.9. The van der Waals surface area contributed by atoms with Crippen molar-refractivity contribution in [3.05, 3.63) is 60.8 Å². The summed E-state index contributed by atoms with van der Waals surface area (Å²) in [4.78, 5) is 26.3. The molecule has 0 aromatic rings. The Hall–Kier alpha value is -2.44. The molecule has 0 radical (unpaired) electrons. The van der Waals surface area contributed by atoms with Crippen molar-refractivity contribution in [1.82, 2.24) is 5.32 Å². The predicted octanol–water partition coefficient (Wildman–Crippen LogP) is 17.6. The van der Waals surface area contributed by atoms with E-state index in [4.69, 9.17) is 4.74 Å². The fourth-order valence-corrected chi connectivity index (χ4v) is 8.53. The molecule has 0 aromatic carbocycles. The first-order chi connectivity index (χ1) is 32.5. The second kappa shape index (κ2) is 53.5. The van der Waals surface area contributed by atoms with Gasteiger partial charge < -0.3 is 20.3 Å². The lowest BCUT2D eigenvalue weighted by Gasteiger charge is -2.24. The monoisotopic (exact) mass is 924 g/mol. The molecule has 384 valence electrons. The third-order valence-corrected chi connectivity index (χ3v) is 12.8. The molecule has 3 atom stereocenters. The summed E-state index contributed by atoms with van der Waals surface area (Å²) in [6.45, 7) is 6.37. The van der Waals surface area contributed by atoms with Gasteiger partial charge in [-0.15, -0.1) is 0 Å². The molecule has 0 saturated heterocycles. The van der Waals surface area contributed by atoms with Crippen LogP contribution in [0.4, 0.5) is 0 Å². The normalized spacial score (nSPS) is 13.6. The Morgan fingerprint density at radius 3 is 1.27 bits per heavy atom. The Balaban J connectivity index is 4.60. The number of ether oxygens (including phenoxy) is 1. The van der Waals surface area contributed by atoms with Crippen LogP contribution in [0.2, 0.25) is 0 Å². The molecule has 0 aromatic heterocycles. The lowest BCUT2D eigenvalue weighted by atomic mass is 10.0. The quantitative estimate of drug-likeness (QED) is 0.0321. The number of nitrogens with one attached hydrogen (secondary N) is 1. The van der Waals surface area contributed by atoms with E-state index in [1.165, 1.54) is 135 Å². The maximum atomic E-state index is 13.3. The number of unbranched alkanes of at least 4 members (excludes halogenated alkanes) is 29. The van der Waals surface area contributed by atoms with Crippen LogP contribution in [0.5, 0.6) is 0 Å². The van der Waals surface area contributed by atoms with Gasteiger partial charge in [-0.1, -0.05) is 242 Å². The van der Waals surface area contributed by atoms with Gasteiger partial charge in [0.25, 0.3) is 0 Å². The standard InChI is InChI=1S/C60H109NO5/c1-4-7-10-13-16-19-22-25-28-30-31-33-36-39-42-45-48-51-56(66-60(65)53-50-47-44-41-38-35-27-24-21-18-15-12-9-6-3)54-59(64)61-57(55-62)58(63)52-49-46-43-40-37-34-32-29-26-23-20-17-14-11-8-5-2/h9,12,16,18-19,21,25,28,31,33,56-58,62-63H,4-8,10-11,13-15,17,20,22-24,26-27,29-30,32,34-55H2,1-3H3,(H,61,64)/b12-9+,19-16-,21-18+,28-25-,33-31-.